The van der Waals surface area contributed by atoms with Gasteiger partial charge in [-0.15, -0.1) is 0 Å². The molecule has 1 amide bonds. The van der Waals surface area contributed by atoms with E-state index in [9.17, 15) is 4.79 Å². The van der Waals surface area contributed by atoms with E-state index in [1.807, 2.05) is 11.8 Å². The Morgan fingerprint density at radius 1 is 1.14 bits per heavy atom. The van der Waals surface area contributed by atoms with E-state index in [-0.39, 0.29) is 11.8 Å². The van der Waals surface area contributed by atoms with Gasteiger partial charge in [0.2, 0.25) is 5.76 Å². The molecule has 8 nitrogen and oxygen atoms in total. The van der Waals surface area contributed by atoms with Crippen LogP contribution in [0.3, 0.4) is 0 Å². The van der Waals surface area contributed by atoms with E-state index in [0.717, 1.165) is 68.6 Å². The molecule has 0 aromatic carbocycles. The zero-order valence-corrected chi connectivity index (χ0v) is 16.6. The average molecular weight is 385 g/mol. The first-order valence-corrected chi connectivity index (χ1v) is 10.1. The number of carbonyl (C=O) groups excluding carboxylic acids is 1. The summed E-state index contributed by atoms with van der Waals surface area (Å²) in [6, 6.07) is 3.79. The maximum atomic E-state index is 12.6. The standard InChI is InChI=1S/C20H27N5O3/c1-3-16-13-18(24-8-10-27-11-9-24)22-19(21-16)15-4-6-25(7-5-15)20(26)17-12-14(2)23-28-17/h12-13,15H,3-11H2,1-2H3. The summed E-state index contributed by atoms with van der Waals surface area (Å²) in [6.07, 6.45) is 2.60. The van der Waals surface area contributed by atoms with Crippen molar-refractivity contribution >= 4 is 11.7 Å². The summed E-state index contributed by atoms with van der Waals surface area (Å²) in [7, 11) is 0. The molecule has 0 atom stereocenters. The van der Waals surface area contributed by atoms with Gasteiger partial charge >= 0.3 is 0 Å². The topological polar surface area (TPSA) is 84.6 Å². The van der Waals surface area contributed by atoms with E-state index >= 15 is 0 Å². The van der Waals surface area contributed by atoms with Gasteiger partial charge in [0.15, 0.2) is 0 Å². The van der Waals surface area contributed by atoms with E-state index in [2.05, 4.69) is 23.0 Å². The Kier molecular flexibility index (Phi) is 5.57. The molecule has 8 heteroatoms. The predicted octanol–water partition coefficient (Wildman–Crippen LogP) is 2.19. The number of hydrogen-bond donors (Lipinski definition) is 0. The number of aromatic nitrogens is 3. The molecule has 4 heterocycles. The van der Waals surface area contributed by atoms with Crippen LogP contribution in [-0.4, -0.2) is 65.3 Å². The molecule has 150 valence electrons. The Morgan fingerprint density at radius 2 is 1.89 bits per heavy atom. The molecule has 2 saturated heterocycles. The van der Waals surface area contributed by atoms with Crippen molar-refractivity contribution in [2.45, 2.75) is 39.0 Å². The fourth-order valence-corrected chi connectivity index (χ4v) is 3.78. The Morgan fingerprint density at radius 3 is 2.54 bits per heavy atom. The van der Waals surface area contributed by atoms with Crippen LogP contribution in [0.15, 0.2) is 16.7 Å². The molecular formula is C20H27N5O3. The zero-order chi connectivity index (χ0) is 19.5. The van der Waals surface area contributed by atoms with Crippen LogP contribution in [0, 0.1) is 6.92 Å². The number of amides is 1. The van der Waals surface area contributed by atoms with Gasteiger partial charge < -0.3 is 19.1 Å². The van der Waals surface area contributed by atoms with Gasteiger partial charge in [0.25, 0.3) is 5.91 Å². The molecule has 0 N–H and O–H groups in total. The van der Waals surface area contributed by atoms with Crippen molar-refractivity contribution in [3.8, 4) is 0 Å². The average Bonchev–Trinajstić information content (AvgIpc) is 3.20. The van der Waals surface area contributed by atoms with Crippen molar-refractivity contribution in [3.05, 3.63) is 35.1 Å². The van der Waals surface area contributed by atoms with Crippen LogP contribution in [0.5, 0.6) is 0 Å². The molecule has 0 radical (unpaired) electrons. The molecule has 0 aliphatic carbocycles. The van der Waals surface area contributed by atoms with Gasteiger partial charge in [-0.3, -0.25) is 4.79 Å². The fourth-order valence-electron chi connectivity index (χ4n) is 3.78. The third-order valence-corrected chi connectivity index (χ3v) is 5.47. The number of hydrogen-bond acceptors (Lipinski definition) is 7. The van der Waals surface area contributed by atoms with Gasteiger partial charge in [-0.2, -0.15) is 0 Å². The van der Waals surface area contributed by atoms with Crippen molar-refractivity contribution < 1.29 is 14.1 Å². The number of aryl methyl sites for hydroxylation is 2. The number of carbonyl (C=O) groups is 1. The number of anilines is 1. The third kappa shape index (κ3) is 4.01. The van der Waals surface area contributed by atoms with Crippen molar-refractivity contribution in [2.24, 2.45) is 0 Å². The molecule has 4 rings (SSSR count). The maximum absolute atomic E-state index is 12.6. The van der Waals surface area contributed by atoms with E-state index in [4.69, 9.17) is 19.2 Å². The summed E-state index contributed by atoms with van der Waals surface area (Å²) in [5, 5.41) is 3.81. The summed E-state index contributed by atoms with van der Waals surface area (Å²) in [6.45, 7) is 8.50. The van der Waals surface area contributed by atoms with Gasteiger partial charge in [-0.1, -0.05) is 12.1 Å². The maximum Gasteiger partial charge on any atom is 0.292 e. The number of likely N-dealkylation sites (tertiary alicyclic amines) is 1. The van der Waals surface area contributed by atoms with E-state index in [1.54, 1.807) is 6.07 Å². The lowest BCUT2D eigenvalue weighted by atomic mass is 9.95. The molecule has 2 aromatic heterocycles. The summed E-state index contributed by atoms with van der Waals surface area (Å²) in [4.78, 5) is 26.4. The Balaban J connectivity index is 1.45. The van der Waals surface area contributed by atoms with Crippen molar-refractivity contribution in [3.63, 3.8) is 0 Å². The van der Waals surface area contributed by atoms with E-state index in [0.29, 0.717) is 18.8 Å². The lowest BCUT2D eigenvalue weighted by molar-refractivity contribution is 0.0669. The number of ether oxygens (including phenoxy) is 1. The molecule has 2 aliphatic rings. The van der Waals surface area contributed by atoms with Gasteiger partial charge in [0.05, 0.1) is 18.9 Å². The minimum atomic E-state index is -0.0868. The summed E-state index contributed by atoms with van der Waals surface area (Å²) >= 11 is 0. The number of morpholine rings is 1. The number of rotatable bonds is 4. The van der Waals surface area contributed by atoms with Crippen LogP contribution < -0.4 is 4.90 Å². The number of nitrogens with zero attached hydrogens (tertiary/aromatic N) is 5. The second-order valence-electron chi connectivity index (χ2n) is 7.43. The van der Waals surface area contributed by atoms with Crippen molar-refractivity contribution in [2.75, 3.05) is 44.3 Å². The first-order chi connectivity index (χ1) is 13.6. The quantitative estimate of drug-likeness (QED) is 0.797. The SMILES string of the molecule is CCc1cc(N2CCOCC2)nc(C2CCN(C(=O)c3cc(C)no3)CC2)n1. The van der Waals surface area contributed by atoms with Crippen LogP contribution in [0.2, 0.25) is 0 Å². The largest absolute Gasteiger partial charge is 0.378 e. The third-order valence-electron chi connectivity index (χ3n) is 5.47. The molecule has 2 aromatic rings. The predicted molar refractivity (Wildman–Crippen MR) is 104 cm³/mol. The second-order valence-corrected chi connectivity index (χ2v) is 7.43. The van der Waals surface area contributed by atoms with Crippen LogP contribution in [0.1, 0.15) is 53.5 Å². The van der Waals surface area contributed by atoms with Crippen molar-refractivity contribution in [1.82, 2.24) is 20.0 Å². The molecule has 0 unspecified atom stereocenters. The van der Waals surface area contributed by atoms with Gasteiger partial charge in [-0.05, 0) is 26.2 Å². The molecule has 28 heavy (non-hydrogen) atoms. The fraction of sp³-hybridized carbons (Fsp3) is 0.600. The normalized spacial score (nSPS) is 18.5. The van der Waals surface area contributed by atoms with Gasteiger partial charge in [0.1, 0.15) is 11.6 Å². The summed E-state index contributed by atoms with van der Waals surface area (Å²) in [5.41, 5.74) is 1.79. The number of piperidine rings is 1. The Bertz CT molecular complexity index is 823. The zero-order valence-electron chi connectivity index (χ0n) is 16.6. The van der Waals surface area contributed by atoms with Crippen LogP contribution in [-0.2, 0) is 11.2 Å². The highest BCUT2D eigenvalue weighted by atomic mass is 16.5. The van der Waals surface area contributed by atoms with Crippen molar-refractivity contribution in [1.29, 1.82) is 0 Å². The Hall–Kier alpha value is -2.48. The monoisotopic (exact) mass is 385 g/mol. The van der Waals surface area contributed by atoms with Gasteiger partial charge in [0, 0.05) is 49.9 Å². The molecular weight excluding hydrogens is 358 g/mol. The highest BCUT2D eigenvalue weighted by Crippen LogP contribution is 2.28. The molecule has 2 aliphatic heterocycles. The van der Waals surface area contributed by atoms with Crippen LogP contribution in [0.25, 0.3) is 0 Å². The lowest BCUT2D eigenvalue weighted by Crippen LogP contribution is -2.39. The molecule has 0 spiro atoms. The lowest BCUT2D eigenvalue weighted by Gasteiger charge is -2.32. The van der Waals surface area contributed by atoms with E-state index in [1.165, 1.54) is 0 Å². The van der Waals surface area contributed by atoms with Crippen LogP contribution in [0.4, 0.5) is 5.82 Å². The minimum Gasteiger partial charge on any atom is -0.378 e. The Labute approximate surface area is 164 Å². The second kappa shape index (κ2) is 8.26. The first kappa shape index (κ1) is 18.9. The van der Waals surface area contributed by atoms with Crippen LogP contribution >= 0.6 is 0 Å². The highest BCUT2D eigenvalue weighted by molar-refractivity contribution is 5.91. The molecule has 0 bridgehead atoms. The first-order valence-electron chi connectivity index (χ1n) is 10.1. The molecule has 2 fully saturated rings. The smallest absolute Gasteiger partial charge is 0.292 e. The molecule has 0 saturated carbocycles. The van der Waals surface area contributed by atoms with Gasteiger partial charge in [-0.25, -0.2) is 9.97 Å². The van der Waals surface area contributed by atoms with E-state index < -0.39 is 0 Å². The summed E-state index contributed by atoms with van der Waals surface area (Å²) in [5.74, 6) is 2.40. The summed E-state index contributed by atoms with van der Waals surface area (Å²) < 4.78 is 10.6. The highest BCUT2D eigenvalue weighted by Gasteiger charge is 2.28. The minimum absolute atomic E-state index is 0.0868.